The molecule has 0 aliphatic carbocycles. The Morgan fingerprint density at radius 2 is 2.12 bits per heavy atom. The van der Waals surface area contributed by atoms with Crippen LogP contribution in [0.5, 0.6) is 0 Å². The van der Waals surface area contributed by atoms with Gasteiger partial charge in [0.25, 0.3) is 0 Å². The fraction of sp³-hybridized carbons (Fsp3) is 0.562. The van der Waals surface area contributed by atoms with E-state index in [2.05, 4.69) is 0 Å². The first-order valence-corrected chi connectivity index (χ1v) is 9.64. The summed E-state index contributed by atoms with van der Waals surface area (Å²) in [5.74, 6) is -1.08. The monoisotopic (exact) mass is 375 g/mol. The van der Waals surface area contributed by atoms with Crippen LogP contribution in [0.2, 0.25) is 5.02 Å². The van der Waals surface area contributed by atoms with Gasteiger partial charge in [0.2, 0.25) is 10.0 Å². The van der Waals surface area contributed by atoms with Crippen molar-refractivity contribution in [2.75, 3.05) is 13.1 Å². The maximum absolute atomic E-state index is 12.7. The first kappa shape index (κ1) is 19.2. The second-order valence-electron chi connectivity index (χ2n) is 6.25. The molecule has 0 saturated carbocycles. The van der Waals surface area contributed by atoms with Gasteiger partial charge >= 0.3 is 5.97 Å². The van der Waals surface area contributed by atoms with Gasteiger partial charge in [0.1, 0.15) is 0 Å². The first-order chi connectivity index (χ1) is 11.1. The van der Waals surface area contributed by atoms with Crippen LogP contribution in [0.1, 0.15) is 31.7 Å². The molecule has 0 bridgehead atoms. The Labute approximate surface area is 147 Å². The highest BCUT2D eigenvalue weighted by Gasteiger charge is 2.49. The average molecular weight is 376 g/mol. The highest BCUT2D eigenvalue weighted by atomic mass is 35.5. The number of piperidine rings is 1. The minimum absolute atomic E-state index is 0.0450. The molecular weight excluding hydrogens is 354 g/mol. The fourth-order valence-corrected chi connectivity index (χ4v) is 4.86. The van der Waals surface area contributed by atoms with E-state index >= 15 is 0 Å². The number of aliphatic carboxylic acids is 1. The normalized spacial score (nSPS) is 25.6. The van der Waals surface area contributed by atoms with E-state index in [1.54, 1.807) is 13.0 Å². The summed E-state index contributed by atoms with van der Waals surface area (Å²) in [6.45, 7) is 3.43. The number of halogens is 1. The number of sulfonamides is 1. The van der Waals surface area contributed by atoms with E-state index in [0.29, 0.717) is 17.9 Å². The van der Waals surface area contributed by atoms with Crippen LogP contribution >= 0.6 is 11.6 Å². The van der Waals surface area contributed by atoms with Crippen molar-refractivity contribution in [3.05, 3.63) is 28.8 Å². The third kappa shape index (κ3) is 3.31. The molecule has 2 N–H and O–H groups in total. The quantitative estimate of drug-likeness (QED) is 0.823. The van der Waals surface area contributed by atoms with Gasteiger partial charge in [-0.25, -0.2) is 8.42 Å². The number of nitrogens with zero attached hydrogens (tertiary/aromatic N) is 1. The third-order valence-corrected chi connectivity index (χ3v) is 6.99. The molecule has 1 aliphatic rings. The molecule has 134 valence electrons. The lowest BCUT2D eigenvalue weighted by atomic mass is 9.73. The van der Waals surface area contributed by atoms with Gasteiger partial charge in [0, 0.05) is 18.1 Å². The lowest BCUT2D eigenvalue weighted by molar-refractivity contribution is -0.162. The van der Waals surface area contributed by atoms with Gasteiger partial charge in [-0.15, -0.1) is 0 Å². The number of aryl methyl sites for hydroxylation is 1. The van der Waals surface area contributed by atoms with E-state index in [9.17, 15) is 23.4 Å². The molecule has 0 unspecified atom stereocenters. The molecule has 2 rings (SSSR count). The van der Waals surface area contributed by atoms with E-state index in [4.69, 9.17) is 11.6 Å². The number of β-amino-alcohol motifs (C(OH)–C–C–N with tert-alkyl or cyclic N) is 1. The Bertz CT molecular complexity index is 736. The summed E-state index contributed by atoms with van der Waals surface area (Å²) in [5, 5.41) is 20.3. The molecule has 0 aromatic heterocycles. The maximum atomic E-state index is 12.7. The minimum Gasteiger partial charge on any atom is -0.481 e. The Morgan fingerprint density at radius 3 is 2.62 bits per heavy atom. The predicted octanol–water partition coefficient (Wildman–Crippen LogP) is 2.27. The second-order valence-corrected chi connectivity index (χ2v) is 8.60. The lowest BCUT2D eigenvalue weighted by Gasteiger charge is -2.42. The lowest BCUT2D eigenvalue weighted by Crippen LogP contribution is -2.55. The van der Waals surface area contributed by atoms with Crippen LogP contribution in [-0.4, -0.2) is 48.1 Å². The van der Waals surface area contributed by atoms with Crippen molar-refractivity contribution in [1.29, 1.82) is 0 Å². The molecule has 2 atom stereocenters. The molecule has 0 spiro atoms. The van der Waals surface area contributed by atoms with Crippen LogP contribution in [0.25, 0.3) is 0 Å². The summed E-state index contributed by atoms with van der Waals surface area (Å²) in [4.78, 5) is 11.7. The van der Waals surface area contributed by atoms with Crippen molar-refractivity contribution in [1.82, 2.24) is 4.31 Å². The first-order valence-electron chi connectivity index (χ1n) is 7.83. The summed E-state index contributed by atoms with van der Waals surface area (Å²) in [6, 6.07) is 4.46. The van der Waals surface area contributed by atoms with Crippen LogP contribution in [0, 0.1) is 12.3 Å². The van der Waals surface area contributed by atoms with Gasteiger partial charge in [-0.2, -0.15) is 4.31 Å². The van der Waals surface area contributed by atoms with Gasteiger partial charge in [0.05, 0.1) is 16.4 Å². The number of carboxylic acid groups (broad SMARTS) is 1. The molecule has 1 aromatic carbocycles. The zero-order chi connectivity index (χ0) is 18.1. The summed E-state index contributed by atoms with van der Waals surface area (Å²) in [5.41, 5.74) is -0.520. The second kappa shape index (κ2) is 7.00. The number of carbonyl (C=O) groups is 1. The smallest absolute Gasteiger partial charge is 0.312 e. The number of benzene rings is 1. The van der Waals surface area contributed by atoms with Crippen molar-refractivity contribution >= 4 is 27.6 Å². The Balaban J connectivity index is 2.29. The van der Waals surface area contributed by atoms with Crippen molar-refractivity contribution in [2.24, 2.45) is 5.41 Å². The predicted molar refractivity (Wildman–Crippen MR) is 90.5 cm³/mol. The van der Waals surface area contributed by atoms with Crippen molar-refractivity contribution in [3.8, 4) is 0 Å². The molecular formula is C16H22ClNO5S. The van der Waals surface area contributed by atoms with Gasteiger partial charge < -0.3 is 10.2 Å². The van der Waals surface area contributed by atoms with E-state index in [1.165, 1.54) is 12.1 Å². The molecule has 24 heavy (non-hydrogen) atoms. The number of carboxylic acids is 1. The summed E-state index contributed by atoms with van der Waals surface area (Å²) in [7, 11) is -3.83. The summed E-state index contributed by atoms with van der Waals surface area (Å²) in [6.07, 6.45) is -0.257. The van der Waals surface area contributed by atoms with Crippen molar-refractivity contribution < 1.29 is 23.4 Å². The van der Waals surface area contributed by atoms with Gasteiger partial charge in [-0.05, 0) is 37.5 Å². The van der Waals surface area contributed by atoms with Gasteiger partial charge in [-0.3, -0.25) is 4.79 Å². The highest BCUT2D eigenvalue weighted by molar-refractivity contribution is 7.89. The number of hydrogen-bond acceptors (Lipinski definition) is 4. The van der Waals surface area contributed by atoms with Crippen LogP contribution in [0.3, 0.4) is 0 Å². The summed E-state index contributed by atoms with van der Waals surface area (Å²) >= 11 is 6.01. The van der Waals surface area contributed by atoms with E-state index in [-0.39, 0.29) is 24.4 Å². The molecule has 0 radical (unpaired) electrons. The van der Waals surface area contributed by atoms with Gasteiger partial charge in [0.15, 0.2) is 0 Å². The zero-order valence-corrected chi connectivity index (χ0v) is 15.3. The highest BCUT2D eigenvalue weighted by Crippen LogP contribution is 2.38. The molecule has 6 nitrogen and oxygen atoms in total. The van der Waals surface area contributed by atoms with Crippen LogP contribution in [0.15, 0.2) is 23.1 Å². The van der Waals surface area contributed by atoms with E-state index < -0.39 is 27.5 Å². The number of rotatable bonds is 5. The third-order valence-electron chi connectivity index (χ3n) is 4.72. The number of aliphatic hydroxyl groups is 1. The molecule has 8 heteroatoms. The number of hydrogen-bond donors (Lipinski definition) is 2. The molecule has 1 saturated heterocycles. The Kier molecular flexibility index (Phi) is 5.59. The molecule has 1 fully saturated rings. The van der Waals surface area contributed by atoms with E-state index in [1.807, 2.05) is 6.92 Å². The number of aliphatic hydroxyl groups excluding tert-OH is 1. The average Bonchev–Trinajstić information content (AvgIpc) is 2.51. The maximum Gasteiger partial charge on any atom is 0.312 e. The van der Waals surface area contributed by atoms with Crippen molar-refractivity contribution in [2.45, 2.75) is 44.1 Å². The SMILES string of the molecule is CCC[C@]1(C(=O)O)CCN(S(=O)(=O)c2ccc(C)c(Cl)c2)C[C@@H]1O. The standard InChI is InChI=1S/C16H22ClNO5S/c1-3-6-16(15(20)21)7-8-18(10-14(16)19)24(22,23)12-5-4-11(2)13(17)9-12/h4-5,9,14,19H,3,6-8,10H2,1-2H3,(H,20,21)/t14-,16-/m0/s1. The van der Waals surface area contributed by atoms with Crippen LogP contribution in [-0.2, 0) is 14.8 Å². The van der Waals surface area contributed by atoms with Gasteiger partial charge in [-0.1, -0.05) is 31.0 Å². The van der Waals surface area contributed by atoms with E-state index in [0.717, 1.165) is 9.87 Å². The van der Waals surface area contributed by atoms with Crippen LogP contribution < -0.4 is 0 Å². The largest absolute Gasteiger partial charge is 0.481 e. The zero-order valence-electron chi connectivity index (χ0n) is 13.7. The Hall–Kier alpha value is -1.15. The molecule has 1 aliphatic heterocycles. The topological polar surface area (TPSA) is 94.9 Å². The molecule has 0 amide bonds. The fourth-order valence-electron chi connectivity index (χ4n) is 3.15. The van der Waals surface area contributed by atoms with Crippen molar-refractivity contribution in [3.63, 3.8) is 0 Å². The minimum atomic E-state index is -3.83. The summed E-state index contributed by atoms with van der Waals surface area (Å²) < 4.78 is 26.6. The molecule has 1 aromatic rings. The van der Waals surface area contributed by atoms with Crippen LogP contribution in [0.4, 0.5) is 0 Å². The molecule has 1 heterocycles. The Morgan fingerprint density at radius 1 is 1.46 bits per heavy atom.